The molecule has 2 aliphatic rings. The molecule has 4 heteroatoms. The van der Waals surface area contributed by atoms with Gasteiger partial charge in [0, 0.05) is 56.3 Å². The number of hydrogen-bond acceptors (Lipinski definition) is 4. The van der Waals surface area contributed by atoms with Crippen LogP contribution in [-0.4, -0.2) is 73.2 Å². The minimum absolute atomic E-state index is 0.771. The van der Waals surface area contributed by atoms with E-state index in [1.165, 1.54) is 51.4 Å². The van der Waals surface area contributed by atoms with E-state index in [-0.39, 0.29) is 0 Å². The third-order valence-corrected chi connectivity index (χ3v) is 5.01. The molecule has 0 aromatic heterocycles. The fraction of sp³-hybridized carbons (Fsp3) is 1.00. The summed E-state index contributed by atoms with van der Waals surface area (Å²) in [6.45, 7) is 9.69. The molecule has 0 bridgehead atoms. The molecule has 2 atom stereocenters. The summed E-state index contributed by atoms with van der Waals surface area (Å²) in [5.74, 6) is 1.31. The van der Waals surface area contributed by atoms with Crippen LogP contribution in [-0.2, 0) is 0 Å². The van der Waals surface area contributed by atoms with Gasteiger partial charge >= 0.3 is 0 Å². The topological polar surface area (TPSA) is 18.5 Å². The second-order valence-electron chi connectivity index (χ2n) is 5.18. The predicted molar refractivity (Wildman–Crippen MR) is 72.3 cm³/mol. The van der Waals surface area contributed by atoms with Crippen LogP contribution in [0.25, 0.3) is 0 Å². The number of nitrogens with zero attached hydrogens (tertiary/aromatic N) is 2. The van der Waals surface area contributed by atoms with Crippen LogP contribution in [0, 0.1) is 0 Å². The molecule has 16 heavy (non-hydrogen) atoms. The molecule has 94 valence electrons. The maximum atomic E-state index is 3.69. The Balaban J connectivity index is 1.54. The average Bonchev–Trinajstić information content (AvgIpc) is 2.67. The smallest absolute Gasteiger partial charge is 0.0169 e. The molecule has 2 fully saturated rings. The van der Waals surface area contributed by atoms with Crippen LogP contribution in [0.2, 0.25) is 0 Å². The van der Waals surface area contributed by atoms with Crippen molar-refractivity contribution in [2.75, 3.05) is 52.1 Å². The van der Waals surface area contributed by atoms with Gasteiger partial charge in [-0.1, -0.05) is 6.92 Å². The van der Waals surface area contributed by atoms with E-state index in [1.807, 2.05) is 0 Å². The highest BCUT2D eigenvalue weighted by atomic mass is 32.2. The Labute approximate surface area is 104 Å². The van der Waals surface area contributed by atoms with Gasteiger partial charge in [-0.05, 0) is 13.5 Å². The lowest BCUT2D eigenvalue weighted by Gasteiger charge is -2.32. The fourth-order valence-electron chi connectivity index (χ4n) is 2.46. The van der Waals surface area contributed by atoms with Crippen LogP contribution in [0.15, 0.2) is 0 Å². The monoisotopic (exact) mass is 243 g/mol. The summed E-state index contributed by atoms with van der Waals surface area (Å²) in [5.41, 5.74) is 0. The van der Waals surface area contributed by atoms with Crippen molar-refractivity contribution in [1.29, 1.82) is 0 Å². The highest BCUT2D eigenvalue weighted by Crippen LogP contribution is 2.25. The maximum absolute atomic E-state index is 3.69. The Morgan fingerprint density at radius 2 is 2.00 bits per heavy atom. The molecule has 2 heterocycles. The van der Waals surface area contributed by atoms with Gasteiger partial charge in [0.15, 0.2) is 0 Å². The number of hydrogen-bond donors (Lipinski definition) is 1. The summed E-state index contributed by atoms with van der Waals surface area (Å²) in [7, 11) is 2.22. The first-order valence-corrected chi connectivity index (χ1v) is 7.55. The number of nitrogens with one attached hydrogen (secondary N) is 1. The predicted octanol–water partition coefficient (Wildman–Crippen LogP) is 0.717. The van der Waals surface area contributed by atoms with Gasteiger partial charge < -0.3 is 10.2 Å². The van der Waals surface area contributed by atoms with Crippen molar-refractivity contribution in [3.05, 3.63) is 0 Å². The normalized spacial score (nSPS) is 33.4. The van der Waals surface area contributed by atoms with Crippen molar-refractivity contribution < 1.29 is 0 Å². The summed E-state index contributed by atoms with van der Waals surface area (Å²) in [6.07, 6.45) is 1.35. The molecule has 2 aliphatic heterocycles. The van der Waals surface area contributed by atoms with Crippen molar-refractivity contribution in [3.63, 3.8) is 0 Å². The zero-order chi connectivity index (χ0) is 11.4. The lowest BCUT2D eigenvalue weighted by Crippen LogP contribution is -2.47. The van der Waals surface area contributed by atoms with E-state index in [2.05, 4.69) is 40.8 Å². The van der Waals surface area contributed by atoms with E-state index in [1.54, 1.807) is 0 Å². The van der Waals surface area contributed by atoms with E-state index >= 15 is 0 Å². The molecule has 0 saturated carbocycles. The second kappa shape index (κ2) is 6.24. The molecular formula is C12H25N3S. The maximum Gasteiger partial charge on any atom is 0.0169 e. The number of piperazine rings is 1. The largest absolute Gasteiger partial charge is 0.312 e. The molecule has 0 amide bonds. The average molecular weight is 243 g/mol. The Hall–Kier alpha value is 0.230. The minimum Gasteiger partial charge on any atom is -0.312 e. The fourth-order valence-corrected chi connectivity index (χ4v) is 3.64. The van der Waals surface area contributed by atoms with E-state index < -0.39 is 0 Å². The van der Waals surface area contributed by atoms with Gasteiger partial charge in [-0.2, -0.15) is 11.8 Å². The Morgan fingerprint density at radius 1 is 1.25 bits per heavy atom. The zero-order valence-corrected chi connectivity index (χ0v) is 11.4. The minimum atomic E-state index is 0.771. The van der Waals surface area contributed by atoms with Gasteiger partial charge in [0.25, 0.3) is 0 Å². The van der Waals surface area contributed by atoms with Crippen LogP contribution in [0.3, 0.4) is 0 Å². The van der Waals surface area contributed by atoms with Crippen molar-refractivity contribution >= 4 is 11.8 Å². The summed E-state index contributed by atoms with van der Waals surface area (Å²) in [6, 6.07) is 0.771. The van der Waals surface area contributed by atoms with Crippen LogP contribution >= 0.6 is 11.8 Å². The van der Waals surface area contributed by atoms with Gasteiger partial charge in [0.05, 0.1) is 0 Å². The Bertz CT molecular complexity index is 204. The summed E-state index contributed by atoms with van der Waals surface area (Å²) in [5, 5.41) is 4.56. The quantitative estimate of drug-likeness (QED) is 0.784. The molecular weight excluding hydrogens is 218 g/mol. The third-order valence-electron chi connectivity index (χ3n) is 3.66. The highest BCUT2D eigenvalue weighted by molar-refractivity contribution is 8.00. The first-order valence-electron chi connectivity index (χ1n) is 6.50. The molecule has 2 saturated heterocycles. The van der Waals surface area contributed by atoms with Gasteiger partial charge in [-0.15, -0.1) is 0 Å². The summed E-state index contributed by atoms with van der Waals surface area (Å²) < 4.78 is 0. The van der Waals surface area contributed by atoms with Crippen LogP contribution in [0.4, 0.5) is 0 Å². The standard InChI is InChI=1S/C12H25N3S/c1-11-9-12(10-16-11)13-3-4-15-7-5-14(2)6-8-15/h11-13H,3-10H2,1-2H3. The zero-order valence-electron chi connectivity index (χ0n) is 10.6. The van der Waals surface area contributed by atoms with Gasteiger partial charge in [0.1, 0.15) is 0 Å². The molecule has 3 nitrogen and oxygen atoms in total. The number of likely N-dealkylation sites (N-methyl/N-ethyl adjacent to an activating group) is 1. The molecule has 0 spiro atoms. The van der Waals surface area contributed by atoms with Crippen LogP contribution in [0.5, 0.6) is 0 Å². The molecule has 0 aromatic rings. The third kappa shape index (κ3) is 3.91. The van der Waals surface area contributed by atoms with Crippen molar-refractivity contribution in [2.45, 2.75) is 24.6 Å². The van der Waals surface area contributed by atoms with E-state index in [9.17, 15) is 0 Å². The van der Waals surface area contributed by atoms with Crippen molar-refractivity contribution in [3.8, 4) is 0 Å². The van der Waals surface area contributed by atoms with Crippen LogP contribution in [0.1, 0.15) is 13.3 Å². The molecule has 0 radical (unpaired) electrons. The first-order chi connectivity index (χ1) is 7.74. The molecule has 2 unspecified atom stereocenters. The molecule has 0 aliphatic carbocycles. The molecule has 0 aromatic carbocycles. The van der Waals surface area contributed by atoms with E-state index in [4.69, 9.17) is 0 Å². The van der Waals surface area contributed by atoms with Gasteiger partial charge in [-0.25, -0.2) is 0 Å². The lowest BCUT2D eigenvalue weighted by molar-refractivity contribution is 0.154. The second-order valence-corrected chi connectivity index (χ2v) is 6.65. The van der Waals surface area contributed by atoms with E-state index in [0.29, 0.717) is 0 Å². The highest BCUT2D eigenvalue weighted by Gasteiger charge is 2.21. The lowest BCUT2D eigenvalue weighted by atomic mass is 10.2. The SMILES string of the molecule is CC1CC(NCCN2CCN(C)CC2)CS1. The first kappa shape index (κ1) is 12.7. The summed E-state index contributed by atoms with van der Waals surface area (Å²) >= 11 is 2.11. The van der Waals surface area contributed by atoms with Gasteiger partial charge in [-0.3, -0.25) is 4.90 Å². The van der Waals surface area contributed by atoms with E-state index in [0.717, 1.165) is 11.3 Å². The van der Waals surface area contributed by atoms with Crippen molar-refractivity contribution in [1.82, 2.24) is 15.1 Å². The Morgan fingerprint density at radius 3 is 2.62 bits per heavy atom. The molecule has 2 rings (SSSR count). The van der Waals surface area contributed by atoms with Crippen molar-refractivity contribution in [2.24, 2.45) is 0 Å². The van der Waals surface area contributed by atoms with Crippen LogP contribution < -0.4 is 5.32 Å². The molecule has 1 N–H and O–H groups in total. The Kier molecular flexibility index (Phi) is 4.95. The van der Waals surface area contributed by atoms with Gasteiger partial charge in [0.2, 0.25) is 0 Å². The summed E-state index contributed by atoms with van der Waals surface area (Å²) in [4.78, 5) is 5.00. The number of thioether (sulfide) groups is 1. The number of rotatable bonds is 4.